The molecule has 0 spiro atoms. The van der Waals surface area contributed by atoms with Crippen molar-refractivity contribution < 1.29 is 31.9 Å². The Labute approximate surface area is 146 Å². The fraction of sp³-hybridized carbons (Fsp3) is 0.111. The minimum atomic E-state index is -1.73. The molecule has 0 aromatic heterocycles. The van der Waals surface area contributed by atoms with Crippen molar-refractivity contribution in [2.45, 2.75) is 13.0 Å². The highest BCUT2D eigenvalue weighted by molar-refractivity contribution is 5.96. The third-order valence-electron chi connectivity index (χ3n) is 3.24. The Hall–Kier alpha value is -3.16. The van der Waals surface area contributed by atoms with Crippen LogP contribution in [0.3, 0.4) is 0 Å². The molecule has 0 aliphatic carbocycles. The predicted octanol–water partition coefficient (Wildman–Crippen LogP) is 3.83. The van der Waals surface area contributed by atoms with Crippen molar-refractivity contribution in [1.82, 2.24) is 0 Å². The van der Waals surface area contributed by atoms with Crippen LogP contribution in [0.5, 0.6) is 0 Å². The average molecular weight is 367 g/mol. The van der Waals surface area contributed by atoms with Crippen LogP contribution >= 0.6 is 0 Å². The lowest BCUT2D eigenvalue weighted by Gasteiger charge is -2.13. The van der Waals surface area contributed by atoms with Gasteiger partial charge in [-0.15, -0.1) is 0 Å². The highest BCUT2D eigenvalue weighted by Crippen LogP contribution is 2.20. The van der Waals surface area contributed by atoms with Crippen LogP contribution in [0.2, 0.25) is 0 Å². The molecule has 1 amide bonds. The van der Waals surface area contributed by atoms with Crippen molar-refractivity contribution >= 4 is 23.6 Å². The summed E-state index contributed by atoms with van der Waals surface area (Å²) in [5, 5.41) is 2.00. The van der Waals surface area contributed by atoms with Gasteiger partial charge in [0.2, 0.25) is 0 Å². The summed E-state index contributed by atoms with van der Waals surface area (Å²) in [6.07, 6.45) is 1.05. The number of amides is 1. The van der Waals surface area contributed by atoms with E-state index in [-0.39, 0.29) is 0 Å². The van der Waals surface area contributed by atoms with E-state index in [2.05, 4.69) is 0 Å². The lowest BCUT2D eigenvalue weighted by atomic mass is 10.2. The lowest BCUT2D eigenvalue weighted by Crippen LogP contribution is -2.29. The van der Waals surface area contributed by atoms with Crippen LogP contribution in [0.15, 0.2) is 42.5 Å². The lowest BCUT2D eigenvalue weighted by molar-refractivity contribution is -0.148. The fourth-order valence-electron chi connectivity index (χ4n) is 1.86. The van der Waals surface area contributed by atoms with Gasteiger partial charge in [-0.1, -0.05) is 12.1 Å². The van der Waals surface area contributed by atoms with Crippen molar-refractivity contribution in [2.24, 2.45) is 0 Å². The van der Waals surface area contributed by atoms with Crippen LogP contribution in [0.1, 0.15) is 12.5 Å². The van der Waals surface area contributed by atoms with Gasteiger partial charge in [-0.2, -0.15) is 0 Å². The third-order valence-corrected chi connectivity index (χ3v) is 3.24. The van der Waals surface area contributed by atoms with Crippen molar-refractivity contribution in [1.29, 1.82) is 0 Å². The minimum absolute atomic E-state index is 0.431. The second kappa shape index (κ2) is 8.28. The van der Waals surface area contributed by atoms with E-state index in [1.54, 1.807) is 0 Å². The first-order valence-electron chi connectivity index (χ1n) is 7.36. The number of hydrogen-bond acceptors (Lipinski definition) is 3. The van der Waals surface area contributed by atoms with Crippen LogP contribution in [0.25, 0.3) is 6.08 Å². The summed E-state index contributed by atoms with van der Waals surface area (Å²) in [5.41, 5.74) is -0.0528. The first-order chi connectivity index (χ1) is 12.3. The van der Waals surface area contributed by atoms with Crippen LogP contribution < -0.4 is 5.32 Å². The van der Waals surface area contributed by atoms with E-state index in [1.165, 1.54) is 37.3 Å². The Morgan fingerprint density at radius 1 is 1.00 bits per heavy atom. The second-order valence-corrected chi connectivity index (χ2v) is 5.18. The van der Waals surface area contributed by atoms with Gasteiger partial charge < -0.3 is 10.1 Å². The quantitative estimate of drug-likeness (QED) is 0.378. The molecule has 0 bridgehead atoms. The maximum Gasteiger partial charge on any atom is 0.331 e. The first-order valence-corrected chi connectivity index (χ1v) is 7.36. The number of carbonyl (C=O) groups is 2. The molecule has 0 heterocycles. The molecule has 0 aliphatic rings. The van der Waals surface area contributed by atoms with Crippen LogP contribution in [-0.2, 0) is 14.3 Å². The zero-order valence-electron chi connectivity index (χ0n) is 13.4. The van der Waals surface area contributed by atoms with Gasteiger partial charge in [-0.25, -0.2) is 22.4 Å². The summed E-state index contributed by atoms with van der Waals surface area (Å²) >= 11 is 0. The molecule has 0 unspecified atom stereocenters. The molecule has 1 atom stereocenters. The zero-order valence-corrected chi connectivity index (χ0v) is 13.4. The van der Waals surface area contributed by atoms with Gasteiger partial charge in [0.25, 0.3) is 5.91 Å². The molecule has 2 aromatic rings. The van der Waals surface area contributed by atoms with Gasteiger partial charge in [0.05, 0.1) is 5.69 Å². The Morgan fingerprint density at radius 2 is 1.65 bits per heavy atom. The number of hydrogen-bond donors (Lipinski definition) is 1. The van der Waals surface area contributed by atoms with E-state index in [0.717, 1.165) is 12.1 Å². The number of anilines is 1. The number of esters is 1. The molecule has 0 saturated carbocycles. The first kappa shape index (κ1) is 19.2. The van der Waals surface area contributed by atoms with E-state index in [0.29, 0.717) is 11.6 Å². The van der Waals surface area contributed by atoms with E-state index in [4.69, 9.17) is 4.74 Å². The van der Waals surface area contributed by atoms with Gasteiger partial charge in [0, 0.05) is 6.08 Å². The molecule has 0 fully saturated rings. The Kier molecular flexibility index (Phi) is 6.11. The van der Waals surface area contributed by atoms with Crippen molar-refractivity contribution in [3.8, 4) is 0 Å². The summed E-state index contributed by atoms with van der Waals surface area (Å²) in [6, 6.07) is 6.77. The van der Waals surface area contributed by atoms with Gasteiger partial charge in [-0.3, -0.25) is 4.79 Å². The molecule has 26 heavy (non-hydrogen) atoms. The van der Waals surface area contributed by atoms with E-state index in [1.807, 2.05) is 5.32 Å². The van der Waals surface area contributed by atoms with Gasteiger partial charge in [0.15, 0.2) is 23.6 Å². The number of carbonyl (C=O) groups excluding carboxylic acids is 2. The standard InChI is InChI=1S/C18H13F4NO3/c1-10(18(25)23-14-8-7-13(20)16(21)17(14)22)26-15(24)9-4-11-2-5-12(19)6-3-11/h2-10H,1H3,(H,23,25)/b9-4+/t10-/m1/s1. The average Bonchev–Trinajstić information content (AvgIpc) is 2.61. The zero-order chi connectivity index (χ0) is 19.3. The summed E-state index contributed by atoms with van der Waals surface area (Å²) in [6.45, 7) is 1.22. The summed E-state index contributed by atoms with van der Waals surface area (Å²) in [5.74, 6) is -6.92. The van der Waals surface area contributed by atoms with Crippen molar-refractivity contribution in [3.05, 3.63) is 71.3 Å². The van der Waals surface area contributed by atoms with E-state index in [9.17, 15) is 27.2 Å². The maximum absolute atomic E-state index is 13.5. The van der Waals surface area contributed by atoms with Gasteiger partial charge in [0.1, 0.15) is 5.82 Å². The molecule has 2 rings (SSSR count). The molecule has 0 radical (unpaired) electrons. The number of rotatable bonds is 5. The summed E-state index contributed by atoms with van der Waals surface area (Å²) in [7, 11) is 0. The molecular weight excluding hydrogens is 354 g/mol. The molecule has 2 aromatic carbocycles. The second-order valence-electron chi connectivity index (χ2n) is 5.18. The molecule has 8 heteroatoms. The largest absolute Gasteiger partial charge is 0.449 e. The van der Waals surface area contributed by atoms with Crippen molar-refractivity contribution in [3.63, 3.8) is 0 Å². The molecule has 1 N–H and O–H groups in total. The fourth-order valence-corrected chi connectivity index (χ4v) is 1.86. The third kappa shape index (κ3) is 4.92. The maximum atomic E-state index is 13.5. The monoisotopic (exact) mass is 367 g/mol. The number of halogens is 4. The minimum Gasteiger partial charge on any atom is -0.449 e. The van der Waals surface area contributed by atoms with Crippen molar-refractivity contribution in [2.75, 3.05) is 5.32 Å². The highest BCUT2D eigenvalue weighted by atomic mass is 19.2. The number of nitrogens with one attached hydrogen (secondary N) is 1. The Morgan fingerprint density at radius 3 is 2.31 bits per heavy atom. The van der Waals surface area contributed by atoms with Crippen LogP contribution in [-0.4, -0.2) is 18.0 Å². The van der Waals surface area contributed by atoms with Crippen LogP contribution in [0.4, 0.5) is 23.2 Å². The van der Waals surface area contributed by atoms with Gasteiger partial charge >= 0.3 is 5.97 Å². The van der Waals surface area contributed by atoms with Crippen LogP contribution in [0, 0.1) is 23.3 Å². The molecule has 0 saturated heterocycles. The van der Waals surface area contributed by atoms with Gasteiger partial charge in [-0.05, 0) is 42.8 Å². The summed E-state index contributed by atoms with van der Waals surface area (Å²) < 4.78 is 57.1. The topological polar surface area (TPSA) is 55.4 Å². The summed E-state index contributed by atoms with van der Waals surface area (Å²) in [4.78, 5) is 23.5. The smallest absolute Gasteiger partial charge is 0.331 e. The normalized spacial score (nSPS) is 12.0. The number of benzene rings is 2. The van der Waals surface area contributed by atoms with E-state index < -0.39 is 46.9 Å². The molecule has 4 nitrogen and oxygen atoms in total. The highest BCUT2D eigenvalue weighted by Gasteiger charge is 2.20. The molecule has 136 valence electrons. The number of ether oxygens (including phenoxy) is 1. The molecule has 0 aliphatic heterocycles. The predicted molar refractivity (Wildman–Crippen MR) is 85.9 cm³/mol. The Balaban J connectivity index is 1.95. The Bertz CT molecular complexity index is 850. The van der Waals surface area contributed by atoms with E-state index >= 15 is 0 Å². The SMILES string of the molecule is C[C@@H](OC(=O)/C=C/c1ccc(F)cc1)C(=O)Nc1ccc(F)c(F)c1F. The molecular formula is C18H13F4NO3.